The third-order valence-corrected chi connectivity index (χ3v) is 5.15. The van der Waals surface area contributed by atoms with E-state index < -0.39 is 5.82 Å². The van der Waals surface area contributed by atoms with Crippen molar-refractivity contribution in [2.75, 3.05) is 24.3 Å². The lowest BCUT2D eigenvalue weighted by Crippen LogP contribution is -2.40. The van der Waals surface area contributed by atoms with E-state index in [1.165, 1.54) is 18.2 Å². The Bertz CT molecular complexity index is 811. The van der Waals surface area contributed by atoms with Gasteiger partial charge in [-0.25, -0.2) is 9.37 Å². The number of nitrogens with zero attached hydrogens (tertiary/aromatic N) is 2. The largest absolute Gasteiger partial charge is 0.378 e. The molecule has 2 N–H and O–H groups in total. The van der Waals surface area contributed by atoms with Gasteiger partial charge in [-0.15, -0.1) is 12.4 Å². The van der Waals surface area contributed by atoms with Crippen LogP contribution in [-0.2, 0) is 0 Å². The van der Waals surface area contributed by atoms with Gasteiger partial charge < -0.3 is 15.5 Å². The first-order valence-electron chi connectivity index (χ1n) is 9.08. The minimum Gasteiger partial charge on any atom is -0.378 e. The number of hydrogen-bond donors (Lipinski definition) is 2. The summed E-state index contributed by atoms with van der Waals surface area (Å²) >= 11 is 5.76. The molecule has 0 spiro atoms. The van der Waals surface area contributed by atoms with Crippen LogP contribution in [0.1, 0.15) is 36.0 Å². The third kappa shape index (κ3) is 5.72. The topological polar surface area (TPSA) is 57.3 Å². The Labute approximate surface area is 176 Å². The Morgan fingerprint density at radius 1 is 1.14 bits per heavy atom. The molecule has 1 heterocycles. The van der Waals surface area contributed by atoms with E-state index in [9.17, 15) is 9.18 Å². The Balaban J connectivity index is 0.00000280. The number of carbonyl (C=O) groups excluding carboxylic acids is 1. The number of amides is 1. The van der Waals surface area contributed by atoms with Crippen LogP contribution < -0.4 is 15.5 Å². The summed E-state index contributed by atoms with van der Waals surface area (Å²) in [6.07, 6.45) is 5.46. The van der Waals surface area contributed by atoms with Crippen LogP contribution in [0.25, 0.3) is 0 Å². The van der Waals surface area contributed by atoms with Crippen LogP contribution >= 0.6 is 24.0 Å². The highest BCUT2D eigenvalue weighted by Crippen LogP contribution is 2.24. The number of aromatic nitrogens is 1. The summed E-state index contributed by atoms with van der Waals surface area (Å²) in [7, 11) is 4.00. The molecule has 1 aliphatic rings. The van der Waals surface area contributed by atoms with Crippen LogP contribution in [0.4, 0.5) is 15.9 Å². The molecule has 1 fully saturated rings. The summed E-state index contributed by atoms with van der Waals surface area (Å²) in [5.74, 6) is 0.134. The standard InChI is InChI=1S/C20H24ClFN4O.ClH/c1-26(2)16-9-10-23-19(12-16)24-14-4-6-15(7-5-14)25-20(27)13-3-8-18(22)17(21)11-13;/h3,8-12,14-15H,4-7H2,1-2H3,(H,23,24)(H,25,27);1H. The maximum atomic E-state index is 13.2. The maximum Gasteiger partial charge on any atom is 0.251 e. The van der Waals surface area contributed by atoms with E-state index >= 15 is 0 Å². The zero-order chi connectivity index (χ0) is 19.4. The molecule has 1 aliphatic carbocycles. The Hall–Kier alpha value is -2.05. The van der Waals surface area contributed by atoms with Crippen LogP contribution in [0.5, 0.6) is 0 Å². The Morgan fingerprint density at radius 2 is 1.82 bits per heavy atom. The molecule has 0 bridgehead atoms. The fourth-order valence-corrected chi connectivity index (χ4v) is 3.45. The second kappa shape index (κ2) is 9.94. The van der Waals surface area contributed by atoms with Crippen molar-refractivity contribution < 1.29 is 9.18 Å². The summed E-state index contributed by atoms with van der Waals surface area (Å²) in [5.41, 5.74) is 1.48. The van der Waals surface area contributed by atoms with Gasteiger partial charge in [0, 0.05) is 49.7 Å². The number of halogens is 3. The molecule has 1 aromatic carbocycles. The molecule has 1 saturated carbocycles. The van der Waals surface area contributed by atoms with Crippen molar-refractivity contribution in [2.45, 2.75) is 37.8 Å². The minimum atomic E-state index is -0.522. The van der Waals surface area contributed by atoms with Crippen LogP contribution in [0.2, 0.25) is 5.02 Å². The summed E-state index contributed by atoms with van der Waals surface area (Å²) in [5, 5.41) is 6.47. The fraction of sp³-hybridized carbons (Fsp3) is 0.400. The summed E-state index contributed by atoms with van der Waals surface area (Å²) in [4.78, 5) is 18.8. The van der Waals surface area contributed by atoms with Gasteiger partial charge >= 0.3 is 0 Å². The van der Waals surface area contributed by atoms with Gasteiger partial charge in [-0.2, -0.15) is 0 Å². The molecular weight excluding hydrogens is 402 g/mol. The average molecular weight is 427 g/mol. The van der Waals surface area contributed by atoms with Crippen molar-refractivity contribution in [3.05, 3.63) is 52.9 Å². The SMILES string of the molecule is CN(C)c1ccnc(NC2CCC(NC(=O)c3ccc(F)c(Cl)c3)CC2)c1.Cl. The maximum absolute atomic E-state index is 13.2. The molecule has 0 atom stereocenters. The van der Waals surface area contributed by atoms with Crippen LogP contribution in [0.3, 0.4) is 0 Å². The first-order chi connectivity index (χ1) is 12.9. The number of hydrogen-bond acceptors (Lipinski definition) is 4. The second-order valence-corrected chi connectivity index (χ2v) is 7.50. The van der Waals surface area contributed by atoms with E-state index in [2.05, 4.69) is 15.6 Å². The number of nitrogens with one attached hydrogen (secondary N) is 2. The third-order valence-electron chi connectivity index (χ3n) is 4.86. The normalized spacial score (nSPS) is 18.7. The lowest BCUT2D eigenvalue weighted by Gasteiger charge is -2.30. The molecule has 1 aromatic heterocycles. The monoisotopic (exact) mass is 426 g/mol. The zero-order valence-electron chi connectivity index (χ0n) is 15.9. The van der Waals surface area contributed by atoms with Gasteiger partial charge in [-0.3, -0.25) is 4.79 Å². The molecule has 0 radical (unpaired) electrons. The molecule has 5 nitrogen and oxygen atoms in total. The van der Waals surface area contributed by atoms with Crippen molar-refractivity contribution >= 4 is 41.4 Å². The minimum absolute atomic E-state index is 0. The molecule has 3 rings (SSSR count). The van der Waals surface area contributed by atoms with Crippen LogP contribution in [0.15, 0.2) is 36.5 Å². The molecule has 0 aliphatic heterocycles. The van der Waals surface area contributed by atoms with Gasteiger partial charge in [0.1, 0.15) is 11.6 Å². The van der Waals surface area contributed by atoms with E-state index in [4.69, 9.17) is 11.6 Å². The predicted molar refractivity (Wildman–Crippen MR) is 114 cm³/mol. The highest BCUT2D eigenvalue weighted by atomic mass is 35.5. The summed E-state index contributed by atoms with van der Waals surface area (Å²) in [6, 6.07) is 8.48. The number of anilines is 2. The summed E-state index contributed by atoms with van der Waals surface area (Å²) in [6.45, 7) is 0. The van der Waals surface area contributed by atoms with E-state index in [0.717, 1.165) is 37.2 Å². The predicted octanol–water partition coefficient (Wildman–Crippen LogP) is 4.52. The molecular formula is C20H25Cl2FN4O. The van der Waals surface area contributed by atoms with Gasteiger partial charge in [-0.05, 0) is 49.9 Å². The quantitative estimate of drug-likeness (QED) is 0.737. The number of carbonyl (C=O) groups is 1. The van der Waals surface area contributed by atoms with Crippen molar-refractivity contribution in [2.24, 2.45) is 0 Å². The van der Waals surface area contributed by atoms with Gasteiger partial charge in [0.25, 0.3) is 5.91 Å². The number of pyridine rings is 1. The van der Waals surface area contributed by atoms with Crippen molar-refractivity contribution in [3.63, 3.8) is 0 Å². The van der Waals surface area contributed by atoms with E-state index in [1.807, 2.05) is 31.1 Å². The summed E-state index contributed by atoms with van der Waals surface area (Å²) < 4.78 is 13.2. The smallest absolute Gasteiger partial charge is 0.251 e. The van der Waals surface area contributed by atoms with Crippen molar-refractivity contribution in [1.29, 1.82) is 0 Å². The lowest BCUT2D eigenvalue weighted by atomic mass is 9.91. The molecule has 2 aromatic rings. The second-order valence-electron chi connectivity index (χ2n) is 7.09. The first-order valence-corrected chi connectivity index (χ1v) is 9.46. The van der Waals surface area contributed by atoms with Crippen molar-refractivity contribution in [3.8, 4) is 0 Å². The van der Waals surface area contributed by atoms with Gasteiger partial charge in [0.15, 0.2) is 0 Å². The highest BCUT2D eigenvalue weighted by Gasteiger charge is 2.23. The zero-order valence-corrected chi connectivity index (χ0v) is 17.5. The van der Waals surface area contributed by atoms with Crippen LogP contribution in [-0.4, -0.2) is 37.1 Å². The van der Waals surface area contributed by atoms with Gasteiger partial charge in [0.2, 0.25) is 0 Å². The van der Waals surface area contributed by atoms with E-state index in [0.29, 0.717) is 11.6 Å². The van der Waals surface area contributed by atoms with Crippen LogP contribution in [0, 0.1) is 5.82 Å². The molecule has 28 heavy (non-hydrogen) atoms. The fourth-order valence-electron chi connectivity index (χ4n) is 3.27. The van der Waals surface area contributed by atoms with Gasteiger partial charge in [-0.1, -0.05) is 11.6 Å². The van der Waals surface area contributed by atoms with Gasteiger partial charge in [0.05, 0.1) is 5.02 Å². The molecule has 152 valence electrons. The number of benzene rings is 1. The Kier molecular flexibility index (Phi) is 7.89. The molecule has 1 amide bonds. The molecule has 0 saturated heterocycles. The molecule has 8 heteroatoms. The lowest BCUT2D eigenvalue weighted by molar-refractivity contribution is 0.0926. The molecule has 0 unspecified atom stereocenters. The van der Waals surface area contributed by atoms with E-state index in [-0.39, 0.29) is 29.4 Å². The highest BCUT2D eigenvalue weighted by molar-refractivity contribution is 6.31. The van der Waals surface area contributed by atoms with Crippen molar-refractivity contribution in [1.82, 2.24) is 10.3 Å². The average Bonchev–Trinajstić information content (AvgIpc) is 2.65. The number of rotatable bonds is 5. The van der Waals surface area contributed by atoms with E-state index in [1.54, 1.807) is 6.20 Å². The first kappa shape index (κ1) is 22.2. The Morgan fingerprint density at radius 3 is 2.46 bits per heavy atom.